The van der Waals surface area contributed by atoms with E-state index in [1.165, 1.54) is 0 Å². The first-order valence-electron chi connectivity index (χ1n) is 12.3. The van der Waals surface area contributed by atoms with E-state index in [0.29, 0.717) is 55.1 Å². The summed E-state index contributed by atoms with van der Waals surface area (Å²) in [6, 6.07) is 25.1. The first kappa shape index (κ1) is 23.9. The third kappa shape index (κ3) is 2.97. The minimum atomic E-state index is -0.337. The molecule has 0 unspecified atom stereocenters. The average Bonchev–Trinajstić information content (AvgIpc) is 3.48. The molecule has 0 fully saturated rings. The normalized spacial score (nSPS) is 11.7. The van der Waals surface area contributed by atoms with Gasteiger partial charge in [-0.3, -0.25) is 4.79 Å². The molecule has 0 N–H and O–H groups in total. The van der Waals surface area contributed by atoms with Crippen molar-refractivity contribution >= 4 is 32.9 Å². The molecule has 9 heteroatoms. The fourth-order valence-corrected chi connectivity index (χ4v) is 5.80. The van der Waals surface area contributed by atoms with Crippen LogP contribution < -0.4 is 0 Å². The molecule has 0 amide bonds. The number of aromatic nitrogens is 2. The van der Waals surface area contributed by atoms with E-state index in [1.807, 2.05) is 36.4 Å². The Morgan fingerprint density at radius 1 is 0.500 bits per heavy atom. The quantitative estimate of drug-likeness (QED) is 0.233. The molecular formula is C33H8N8O. The van der Waals surface area contributed by atoms with Crippen LogP contribution >= 0.6 is 0 Å². The van der Waals surface area contributed by atoms with Gasteiger partial charge in [0.25, 0.3) is 0 Å². The Morgan fingerprint density at radius 2 is 0.929 bits per heavy atom. The van der Waals surface area contributed by atoms with Crippen molar-refractivity contribution in [3.63, 3.8) is 0 Å². The lowest BCUT2D eigenvalue weighted by Gasteiger charge is -2.08. The number of allylic oxidation sites excluding steroid dienone is 1. The fourth-order valence-electron chi connectivity index (χ4n) is 5.80. The van der Waals surface area contributed by atoms with Crippen molar-refractivity contribution in [3.8, 4) is 58.8 Å². The average molecular weight is 532 g/mol. The van der Waals surface area contributed by atoms with Gasteiger partial charge in [-0.1, -0.05) is 0 Å². The standard InChI is InChI=1S/C33H8N8O/c34-9-19-1-15-5-24-25(6-16(15)2-20(19)10-35)29-30-31(40-41-32(29)28(24)23(13-38)14-39)26-7-17-3-21(11-36)22(12-37)4-18(17)8-27(26)33(30)42/h1-8H. The number of benzene rings is 4. The summed E-state index contributed by atoms with van der Waals surface area (Å²) in [5, 5.41) is 69.0. The second-order valence-corrected chi connectivity index (χ2v) is 9.68. The molecule has 0 aliphatic heterocycles. The molecule has 7 rings (SSSR count). The van der Waals surface area contributed by atoms with Crippen LogP contribution in [0, 0.1) is 68.0 Å². The Labute approximate surface area is 236 Å². The van der Waals surface area contributed by atoms with E-state index in [-0.39, 0.29) is 50.4 Å². The van der Waals surface area contributed by atoms with Crippen LogP contribution in [0.4, 0.5) is 0 Å². The molecule has 0 atom stereocenters. The van der Waals surface area contributed by atoms with Gasteiger partial charge in [-0.05, 0) is 81.2 Å². The molecule has 0 saturated heterocycles. The van der Waals surface area contributed by atoms with Crippen molar-refractivity contribution in [2.24, 2.45) is 0 Å². The zero-order valence-corrected chi connectivity index (χ0v) is 21.1. The van der Waals surface area contributed by atoms with Gasteiger partial charge in [0, 0.05) is 22.3 Å². The lowest BCUT2D eigenvalue weighted by atomic mass is 9.94. The van der Waals surface area contributed by atoms with Gasteiger partial charge in [-0.2, -0.15) is 31.6 Å². The smallest absolute Gasteiger partial charge is 0.196 e. The van der Waals surface area contributed by atoms with Gasteiger partial charge >= 0.3 is 0 Å². The van der Waals surface area contributed by atoms with Crippen LogP contribution in [0.5, 0.6) is 0 Å². The van der Waals surface area contributed by atoms with E-state index in [2.05, 4.69) is 10.2 Å². The van der Waals surface area contributed by atoms with Crippen molar-refractivity contribution in [3.05, 3.63) is 98.7 Å². The highest BCUT2D eigenvalue weighted by molar-refractivity contribution is 6.27. The Bertz CT molecular complexity index is 2480. The number of nitrogens with zero attached hydrogens (tertiary/aromatic N) is 8. The summed E-state index contributed by atoms with van der Waals surface area (Å²) < 4.78 is 0. The minimum Gasteiger partial charge on any atom is -0.288 e. The van der Waals surface area contributed by atoms with Crippen molar-refractivity contribution in [2.45, 2.75) is 0 Å². The Hall–Kier alpha value is -7.17. The number of rotatable bonds is 0. The summed E-state index contributed by atoms with van der Waals surface area (Å²) >= 11 is 0. The number of fused-ring (bicyclic) bond motifs is 9. The number of nitriles is 6. The van der Waals surface area contributed by atoms with Gasteiger partial charge in [0.15, 0.2) is 5.78 Å². The minimum absolute atomic E-state index is 0.185. The highest BCUT2D eigenvalue weighted by atomic mass is 16.1. The summed E-state index contributed by atoms with van der Waals surface area (Å²) in [6.45, 7) is 0. The van der Waals surface area contributed by atoms with Gasteiger partial charge in [-0.25, -0.2) is 0 Å². The summed E-state index contributed by atoms with van der Waals surface area (Å²) in [6.07, 6.45) is 0. The molecule has 186 valence electrons. The zero-order chi connectivity index (χ0) is 29.3. The first-order valence-corrected chi connectivity index (χ1v) is 12.3. The van der Waals surface area contributed by atoms with E-state index in [1.54, 1.807) is 48.5 Å². The van der Waals surface area contributed by atoms with Crippen LogP contribution in [0.25, 0.3) is 49.5 Å². The maximum Gasteiger partial charge on any atom is 0.196 e. The summed E-state index contributed by atoms with van der Waals surface area (Å²) in [5.74, 6) is -0.337. The maximum absolute atomic E-state index is 14.0. The zero-order valence-electron chi connectivity index (χ0n) is 21.1. The third-order valence-electron chi connectivity index (χ3n) is 7.66. The van der Waals surface area contributed by atoms with Crippen molar-refractivity contribution in [1.82, 2.24) is 10.2 Å². The van der Waals surface area contributed by atoms with Crippen LogP contribution in [0.3, 0.4) is 0 Å². The van der Waals surface area contributed by atoms with Gasteiger partial charge in [0.1, 0.15) is 53.4 Å². The first-order chi connectivity index (χ1) is 20.5. The molecule has 9 nitrogen and oxygen atoms in total. The van der Waals surface area contributed by atoms with Crippen LogP contribution in [-0.2, 0) is 0 Å². The van der Waals surface area contributed by atoms with E-state index in [0.717, 1.165) is 0 Å². The van der Waals surface area contributed by atoms with Crippen LogP contribution in [0.2, 0.25) is 0 Å². The largest absolute Gasteiger partial charge is 0.288 e. The topological polar surface area (TPSA) is 186 Å². The monoisotopic (exact) mass is 532 g/mol. The molecule has 1 heterocycles. The van der Waals surface area contributed by atoms with E-state index in [9.17, 15) is 36.4 Å². The number of carbonyl (C=O) groups is 1. The van der Waals surface area contributed by atoms with Crippen molar-refractivity contribution in [2.75, 3.05) is 0 Å². The molecule has 0 spiro atoms. The van der Waals surface area contributed by atoms with Crippen LogP contribution in [0.15, 0.2) is 54.1 Å². The molecule has 5 aromatic rings. The number of hydrogen-bond donors (Lipinski definition) is 0. The van der Waals surface area contributed by atoms with E-state index >= 15 is 0 Å². The predicted molar refractivity (Wildman–Crippen MR) is 147 cm³/mol. The van der Waals surface area contributed by atoms with Crippen LogP contribution in [0.1, 0.15) is 49.4 Å². The molecule has 0 radical (unpaired) electrons. The third-order valence-corrected chi connectivity index (χ3v) is 7.66. The molecule has 2 aliphatic carbocycles. The van der Waals surface area contributed by atoms with Gasteiger partial charge < -0.3 is 0 Å². The lowest BCUT2D eigenvalue weighted by molar-refractivity contribution is 0.104. The number of hydrogen-bond acceptors (Lipinski definition) is 9. The lowest BCUT2D eigenvalue weighted by Crippen LogP contribution is -2.02. The molecule has 0 saturated carbocycles. The number of ketones is 1. The van der Waals surface area contributed by atoms with Gasteiger partial charge in [0.2, 0.25) is 0 Å². The second kappa shape index (κ2) is 8.41. The SMILES string of the molecule is N#CC(C#N)=C1c2cc3cc(C#N)c(C#N)cc3cc2-c2c1nnc1c2C(=O)c2cc3cc(C#N)c(C#N)cc3cc2-1. The summed E-state index contributed by atoms with van der Waals surface area (Å²) in [7, 11) is 0. The maximum atomic E-state index is 14.0. The summed E-state index contributed by atoms with van der Waals surface area (Å²) in [4.78, 5) is 14.0. The second-order valence-electron chi connectivity index (χ2n) is 9.68. The molecular weight excluding hydrogens is 524 g/mol. The van der Waals surface area contributed by atoms with E-state index < -0.39 is 0 Å². The highest BCUT2D eigenvalue weighted by Crippen LogP contribution is 2.52. The van der Waals surface area contributed by atoms with Crippen molar-refractivity contribution in [1.29, 1.82) is 31.6 Å². The Kier molecular flexibility index (Phi) is 4.79. The fraction of sp³-hybridized carbons (Fsp3) is 0. The van der Waals surface area contributed by atoms with Crippen molar-refractivity contribution < 1.29 is 4.79 Å². The molecule has 1 aromatic heterocycles. The van der Waals surface area contributed by atoms with Gasteiger partial charge in [0.05, 0.1) is 27.8 Å². The molecule has 0 bridgehead atoms. The van der Waals surface area contributed by atoms with Crippen LogP contribution in [-0.4, -0.2) is 16.0 Å². The predicted octanol–water partition coefficient (Wildman–Crippen LogP) is 5.31. The molecule has 4 aromatic carbocycles. The summed E-state index contributed by atoms with van der Waals surface area (Å²) in [5.41, 5.74) is 3.89. The number of carbonyl (C=O) groups excluding carboxylic acids is 1. The van der Waals surface area contributed by atoms with E-state index in [4.69, 9.17) is 0 Å². The molecule has 2 aliphatic rings. The highest BCUT2D eigenvalue weighted by Gasteiger charge is 2.39. The van der Waals surface area contributed by atoms with Gasteiger partial charge in [-0.15, -0.1) is 10.2 Å². The Balaban J connectivity index is 1.57. The molecule has 42 heavy (non-hydrogen) atoms. The Morgan fingerprint density at radius 3 is 1.40 bits per heavy atom.